The molecule has 0 aliphatic heterocycles. The Balaban J connectivity index is 2.42. The summed E-state index contributed by atoms with van der Waals surface area (Å²) in [6.07, 6.45) is 0.708. The first kappa shape index (κ1) is 15.0. The van der Waals surface area contributed by atoms with Crippen molar-refractivity contribution in [3.05, 3.63) is 29.8 Å². The van der Waals surface area contributed by atoms with Crippen LogP contribution in [0, 0.1) is 0 Å². The average Bonchev–Trinajstić information content (AvgIpc) is 2.37. The molecule has 0 saturated heterocycles. The second-order valence-electron chi connectivity index (χ2n) is 4.21. The van der Waals surface area contributed by atoms with Gasteiger partial charge in [0.15, 0.2) is 0 Å². The lowest BCUT2D eigenvalue weighted by molar-refractivity contribution is -0.142. The Labute approximate surface area is 111 Å². The average molecular weight is 266 g/mol. The number of carbonyl (C=O) groups is 2. The Kier molecular flexibility index (Phi) is 5.81. The number of nitrogens with two attached hydrogens (primary N) is 1. The first-order valence-electron chi connectivity index (χ1n) is 6.00. The number of rotatable bonds is 7. The van der Waals surface area contributed by atoms with Crippen LogP contribution in [0.5, 0.6) is 0 Å². The van der Waals surface area contributed by atoms with Gasteiger partial charge in [-0.05, 0) is 24.1 Å². The standard InChI is InChI=1S/C13H18N2O4/c14-10-4-1-9(2-5-10)3-6-12(17)15-11(7-8-16)13(18)19/h1-2,4-5,11,16H,3,6-8,14H2,(H,15,17)(H,18,19). The first-order chi connectivity index (χ1) is 9.02. The van der Waals surface area contributed by atoms with E-state index in [4.69, 9.17) is 15.9 Å². The summed E-state index contributed by atoms with van der Waals surface area (Å²) in [5.41, 5.74) is 7.16. The number of aliphatic carboxylic acids is 1. The highest BCUT2D eigenvalue weighted by molar-refractivity contribution is 5.83. The molecule has 0 aliphatic carbocycles. The lowest BCUT2D eigenvalue weighted by atomic mass is 10.1. The van der Waals surface area contributed by atoms with Gasteiger partial charge < -0.3 is 21.3 Å². The van der Waals surface area contributed by atoms with Gasteiger partial charge >= 0.3 is 5.97 Å². The molecule has 0 aromatic heterocycles. The maximum Gasteiger partial charge on any atom is 0.326 e. The van der Waals surface area contributed by atoms with Crippen molar-refractivity contribution in [2.24, 2.45) is 0 Å². The van der Waals surface area contributed by atoms with Gasteiger partial charge in [0.2, 0.25) is 5.91 Å². The maximum atomic E-state index is 11.6. The number of carboxylic acids is 1. The van der Waals surface area contributed by atoms with Gasteiger partial charge in [-0.1, -0.05) is 12.1 Å². The molecule has 0 aliphatic rings. The minimum absolute atomic E-state index is 0.00292. The summed E-state index contributed by atoms with van der Waals surface area (Å²) in [7, 11) is 0. The molecule has 6 heteroatoms. The number of aliphatic hydroxyl groups excluding tert-OH is 1. The van der Waals surface area contributed by atoms with E-state index in [1.165, 1.54) is 0 Å². The van der Waals surface area contributed by atoms with E-state index < -0.39 is 12.0 Å². The van der Waals surface area contributed by atoms with Crippen LogP contribution in [0.25, 0.3) is 0 Å². The van der Waals surface area contributed by atoms with Gasteiger partial charge in [-0.3, -0.25) is 4.79 Å². The van der Waals surface area contributed by atoms with Crippen LogP contribution in [0.3, 0.4) is 0 Å². The highest BCUT2D eigenvalue weighted by Gasteiger charge is 2.18. The van der Waals surface area contributed by atoms with Crippen LogP contribution in [0.15, 0.2) is 24.3 Å². The predicted molar refractivity (Wildman–Crippen MR) is 70.4 cm³/mol. The van der Waals surface area contributed by atoms with Crippen molar-refractivity contribution in [1.82, 2.24) is 5.32 Å². The number of carbonyl (C=O) groups excluding carboxylic acids is 1. The van der Waals surface area contributed by atoms with Crippen LogP contribution >= 0.6 is 0 Å². The molecule has 0 bridgehead atoms. The van der Waals surface area contributed by atoms with E-state index in [0.717, 1.165) is 5.56 Å². The van der Waals surface area contributed by atoms with Crippen molar-refractivity contribution in [3.8, 4) is 0 Å². The SMILES string of the molecule is Nc1ccc(CCC(=O)NC(CCO)C(=O)O)cc1. The van der Waals surface area contributed by atoms with Crippen molar-refractivity contribution >= 4 is 17.6 Å². The van der Waals surface area contributed by atoms with Crippen molar-refractivity contribution in [2.75, 3.05) is 12.3 Å². The molecule has 1 amide bonds. The zero-order valence-corrected chi connectivity index (χ0v) is 10.5. The molecule has 0 fully saturated rings. The lowest BCUT2D eigenvalue weighted by Crippen LogP contribution is -2.41. The molecule has 104 valence electrons. The van der Waals surface area contributed by atoms with Gasteiger partial charge in [-0.25, -0.2) is 4.79 Å². The molecule has 5 N–H and O–H groups in total. The Hall–Kier alpha value is -2.08. The van der Waals surface area contributed by atoms with Crippen LogP contribution in [0.2, 0.25) is 0 Å². The summed E-state index contributed by atoms with van der Waals surface area (Å²) in [4.78, 5) is 22.4. The molecule has 6 nitrogen and oxygen atoms in total. The summed E-state index contributed by atoms with van der Waals surface area (Å²) >= 11 is 0. The quantitative estimate of drug-likeness (QED) is 0.525. The summed E-state index contributed by atoms with van der Waals surface area (Å²) < 4.78 is 0. The molecule has 1 aromatic carbocycles. The molecule has 1 atom stereocenters. The molecule has 1 unspecified atom stereocenters. The van der Waals surface area contributed by atoms with Crippen molar-refractivity contribution in [2.45, 2.75) is 25.3 Å². The number of hydrogen-bond donors (Lipinski definition) is 4. The first-order valence-corrected chi connectivity index (χ1v) is 6.00. The number of amides is 1. The van der Waals surface area contributed by atoms with E-state index in [-0.39, 0.29) is 25.4 Å². The third kappa shape index (κ3) is 5.39. The van der Waals surface area contributed by atoms with Gasteiger partial charge in [0.1, 0.15) is 6.04 Å². The molecular weight excluding hydrogens is 248 g/mol. The van der Waals surface area contributed by atoms with Crippen LogP contribution in [-0.2, 0) is 16.0 Å². The second kappa shape index (κ2) is 7.38. The van der Waals surface area contributed by atoms with Crippen molar-refractivity contribution in [1.29, 1.82) is 0 Å². The number of carboxylic acid groups (broad SMARTS) is 1. The zero-order valence-electron chi connectivity index (χ0n) is 10.5. The molecule has 0 heterocycles. The fourth-order valence-corrected chi connectivity index (χ4v) is 1.60. The third-order valence-corrected chi connectivity index (χ3v) is 2.67. The molecule has 19 heavy (non-hydrogen) atoms. The zero-order chi connectivity index (χ0) is 14.3. The van der Waals surface area contributed by atoms with E-state index in [0.29, 0.717) is 12.1 Å². The van der Waals surface area contributed by atoms with Gasteiger partial charge in [0.25, 0.3) is 0 Å². The van der Waals surface area contributed by atoms with Crippen molar-refractivity contribution < 1.29 is 19.8 Å². The maximum absolute atomic E-state index is 11.6. The van der Waals surface area contributed by atoms with Crippen LogP contribution in [0.4, 0.5) is 5.69 Å². The topological polar surface area (TPSA) is 113 Å². The van der Waals surface area contributed by atoms with Crippen molar-refractivity contribution in [3.63, 3.8) is 0 Å². The van der Waals surface area contributed by atoms with Gasteiger partial charge in [0, 0.05) is 25.1 Å². The summed E-state index contributed by atoms with van der Waals surface area (Å²) in [6.45, 7) is -0.283. The van der Waals surface area contributed by atoms with Crippen LogP contribution in [0.1, 0.15) is 18.4 Å². The Morgan fingerprint density at radius 3 is 2.42 bits per heavy atom. The molecule has 1 aromatic rings. The Bertz CT molecular complexity index is 431. The van der Waals surface area contributed by atoms with Gasteiger partial charge in [0.05, 0.1) is 0 Å². The van der Waals surface area contributed by atoms with E-state index in [2.05, 4.69) is 5.32 Å². The molecule has 0 saturated carbocycles. The smallest absolute Gasteiger partial charge is 0.326 e. The van der Waals surface area contributed by atoms with Gasteiger partial charge in [-0.2, -0.15) is 0 Å². The fraction of sp³-hybridized carbons (Fsp3) is 0.385. The normalized spacial score (nSPS) is 11.8. The highest BCUT2D eigenvalue weighted by atomic mass is 16.4. The number of anilines is 1. The number of nitrogens with one attached hydrogen (secondary N) is 1. The monoisotopic (exact) mass is 266 g/mol. The molecule has 1 rings (SSSR count). The minimum Gasteiger partial charge on any atom is -0.480 e. The van der Waals surface area contributed by atoms with Crippen LogP contribution < -0.4 is 11.1 Å². The summed E-state index contributed by atoms with van der Waals surface area (Å²) in [5.74, 6) is -1.49. The number of aryl methyl sites for hydroxylation is 1. The second-order valence-corrected chi connectivity index (χ2v) is 4.21. The van der Waals surface area contributed by atoms with E-state index in [9.17, 15) is 9.59 Å². The molecular formula is C13H18N2O4. The predicted octanol–water partition coefficient (Wildman–Crippen LogP) is 0.153. The summed E-state index contributed by atoms with van der Waals surface area (Å²) in [5, 5.41) is 19.9. The minimum atomic E-state index is -1.14. The van der Waals surface area contributed by atoms with E-state index in [1.807, 2.05) is 12.1 Å². The third-order valence-electron chi connectivity index (χ3n) is 2.67. The summed E-state index contributed by atoms with van der Waals surface area (Å²) in [6, 6.07) is 6.11. The Morgan fingerprint density at radius 2 is 1.89 bits per heavy atom. The van der Waals surface area contributed by atoms with Crippen LogP contribution in [-0.4, -0.2) is 34.7 Å². The largest absolute Gasteiger partial charge is 0.480 e. The van der Waals surface area contributed by atoms with E-state index >= 15 is 0 Å². The number of hydrogen-bond acceptors (Lipinski definition) is 4. The fourth-order valence-electron chi connectivity index (χ4n) is 1.60. The number of nitrogen functional groups attached to an aromatic ring is 1. The van der Waals surface area contributed by atoms with Gasteiger partial charge in [-0.15, -0.1) is 0 Å². The molecule has 0 radical (unpaired) electrons. The molecule has 0 spiro atoms. The number of aliphatic hydroxyl groups is 1. The number of benzene rings is 1. The lowest BCUT2D eigenvalue weighted by Gasteiger charge is -2.13. The Morgan fingerprint density at radius 1 is 1.26 bits per heavy atom. The highest BCUT2D eigenvalue weighted by Crippen LogP contribution is 2.07. The van der Waals surface area contributed by atoms with E-state index in [1.54, 1.807) is 12.1 Å².